The number of methoxy groups -OCH3 is 1. The molecule has 1 heterocycles. The minimum atomic E-state index is -2.96. The molecule has 2 aliphatic rings. The normalized spacial score (nSPS) is 25.3. The topological polar surface area (TPSA) is 63.7 Å². The van der Waals surface area contributed by atoms with Crippen LogP contribution >= 0.6 is 0 Å². The summed E-state index contributed by atoms with van der Waals surface area (Å²) in [5, 5.41) is 0. The minimum Gasteiger partial charge on any atom is -0.383 e. The average Bonchev–Trinajstić information content (AvgIpc) is 3.06. The molecule has 0 N–H and O–H groups in total. The molecule has 6 heteroatoms. The molecule has 0 bridgehead atoms. The van der Waals surface area contributed by atoms with Gasteiger partial charge in [0.1, 0.15) is 0 Å². The van der Waals surface area contributed by atoms with E-state index in [2.05, 4.69) is 0 Å². The Labute approximate surface area is 127 Å². The lowest BCUT2D eigenvalue weighted by atomic mass is 10.0. The maximum absolute atomic E-state index is 12.5. The number of carbonyl (C=O) groups excluding carboxylic acids is 1. The summed E-state index contributed by atoms with van der Waals surface area (Å²) in [5.41, 5.74) is 0. The lowest BCUT2D eigenvalue weighted by Gasteiger charge is -2.28. The number of carbonyl (C=O) groups is 1. The quantitative estimate of drug-likeness (QED) is 0.716. The fourth-order valence-electron chi connectivity index (χ4n) is 3.49. The Morgan fingerprint density at radius 3 is 2.52 bits per heavy atom. The van der Waals surface area contributed by atoms with Crippen LogP contribution in [0.1, 0.15) is 44.9 Å². The van der Waals surface area contributed by atoms with E-state index in [1.165, 1.54) is 25.7 Å². The van der Waals surface area contributed by atoms with Crippen LogP contribution in [-0.2, 0) is 19.4 Å². The molecule has 0 aromatic rings. The molecule has 2 rings (SSSR count). The van der Waals surface area contributed by atoms with Crippen LogP contribution in [0.2, 0.25) is 0 Å². The van der Waals surface area contributed by atoms with E-state index in [4.69, 9.17) is 4.74 Å². The van der Waals surface area contributed by atoms with Crippen molar-refractivity contribution in [1.82, 2.24) is 4.90 Å². The van der Waals surface area contributed by atoms with E-state index >= 15 is 0 Å². The molecule has 1 aliphatic carbocycles. The molecular weight excluding hydrogens is 290 g/mol. The van der Waals surface area contributed by atoms with Crippen molar-refractivity contribution >= 4 is 15.7 Å². The second-order valence-electron chi connectivity index (χ2n) is 6.33. The third kappa shape index (κ3) is 4.95. The van der Waals surface area contributed by atoms with Gasteiger partial charge in [0, 0.05) is 26.1 Å². The second kappa shape index (κ2) is 7.58. The van der Waals surface area contributed by atoms with Gasteiger partial charge in [0.05, 0.1) is 18.1 Å². The van der Waals surface area contributed by atoms with Gasteiger partial charge in [-0.2, -0.15) is 0 Å². The highest BCUT2D eigenvalue weighted by Crippen LogP contribution is 2.29. The van der Waals surface area contributed by atoms with Gasteiger partial charge in [-0.15, -0.1) is 0 Å². The predicted octanol–water partition coefficient (Wildman–Crippen LogP) is 1.62. The Bertz CT molecular complexity index is 443. The molecule has 21 heavy (non-hydrogen) atoms. The van der Waals surface area contributed by atoms with Gasteiger partial charge in [-0.25, -0.2) is 8.42 Å². The summed E-state index contributed by atoms with van der Waals surface area (Å²) < 4.78 is 28.3. The number of hydrogen-bond acceptors (Lipinski definition) is 4. The monoisotopic (exact) mass is 317 g/mol. The molecule has 0 radical (unpaired) electrons. The largest absolute Gasteiger partial charge is 0.383 e. The van der Waals surface area contributed by atoms with E-state index in [-0.39, 0.29) is 23.5 Å². The van der Waals surface area contributed by atoms with E-state index in [9.17, 15) is 13.2 Å². The summed E-state index contributed by atoms with van der Waals surface area (Å²) in [6.45, 7) is 0.964. The minimum absolute atomic E-state index is 0.0982. The first-order valence-electron chi connectivity index (χ1n) is 8.00. The SMILES string of the molecule is COCCN(C(=O)CCC1CCCC1)[C@H]1CCS(=O)(=O)C1. The van der Waals surface area contributed by atoms with E-state index < -0.39 is 9.84 Å². The van der Waals surface area contributed by atoms with E-state index in [1.807, 2.05) is 0 Å². The van der Waals surface area contributed by atoms with Gasteiger partial charge < -0.3 is 9.64 Å². The van der Waals surface area contributed by atoms with Crippen molar-refractivity contribution in [1.29, 1.82) is 0 Å². The molecule has 1 amide bonds. The van der Waals surface area contributed by atoms with Crippen molar-refractivity contribution in [3.05, 3.63) is 0 Å². The van der Waals surface area contributed by atoms with E-state index in [1.54, 1.807) is 12.0 Å². The van der Waals surface area contributed by atoms with Crippen LogP contribution in [0.4, 0.5) is 0 Å². The Hall–Kier alpha value is -0.620. The predicted molar refractivity (Wildman–Crippen MR) is 81.8 cm³/mol. The maximum atomic E-state index is 12.5. The fraction of sp³-hybridized carbons (Fsp3) is 0.933. The molecule has 1 saturated carbocycles. The Balaban J connectivity index is 1.89. The molecule has 1 saturated heterocycles. The molecule has 2 fully saturated rings. The zero-order valence-electron chi connectivity index (χ0n) is 12.9. The summed E-state index contributed by atoms with van der Waals surface area (Å²) >= 11 is 0. The van der Waals surface area contributed by atoms with Crippen LogP contribution in [-0.4, -0.2) is 57.0 Å². The number of sulfone groups is 1. The zero-order valence-corrected chi connectivity index (χ0v) is 13.7. The highest BCUT2D eigenvalue weighted by atomic mass is 32.2. The van der Waals surface area contributed by atoms with Crippen molar-refractivity contribution in [3.63, 3.8) is 0 Å². The second-order valence-corrected chi connectivity index (χ2v) is 8.55. The highest BCUT2D eigenvalue weighted by Gasteiger charge is 2.34. The molecule has 0 aromatic carbocycles. The molecule has 122 valence electrons. The first-order chi connectivity index (χ1) is 10.0. The van der Waals surface area contributed by atoms with Crippen LogP contribution in [0.3, 0.4) is 0 Å². The number of amides is 1. The average molecular weight is 317 g/mol. The van der Waals surface area contributed by atoms with Gasteiger partial charge in [-0.05, 0) is 18.8 Å². The van der Waals surface area contributed by atoms with Crippen LogP contribution in [0.5, 0.6) is 0 Å². The Morgan fingerprint density at radius 2 is 1.95 bits per heavy atom. The summed E-state index contributed by atoms with van der Waals surface area (Å²) in [4.78, 5) is 14.2. The summed E-state index contributed by atoms with van der Waals surface area (Å²) in [6, 6.07) is -0.152. The summed E-state index contributed by atoms with van der Waals surface area (Å²) in [7, 11) is -1.36. The van der Waals surface area contributed by atoms with Gasteiger partial charge in [0.15, 0.2) is 9.84 Å². The van der Waals surface area contributed by atoms with E-state index in [0.29, 0.717) is 31.9 Å². The molecule has 0 aromatic heterocycles. The molecule has 1 atom stereocenters. The standard InChI is InChI=1S/C15H27NO4S/c1-20-10-9-16(14-8-11-21(18,19)12-14)15(17)7-6-13-4-2-3-5-13/h13-14H,2-12H2,1H3/t14-/m0/s1. The fourth-order valence-corrected chi connectivity index (χ4v) is 5.22. The molecule has 1 aliphatic heterocycles. The van der Waals surface area contributed by atoms with Crippen molar-refractivity contribution in [2.45, 2.75) is 51.0 Å². The summed E-state index contributed by atoms with van der Waals surface area (Å²) in [6.07, 6.45) is 7.11. The highest BCUT2D eigenvalue weighted by molar-refractivity contribution is 7.91. The van der Waals surface area contributed by atoms with Crippen LogP contribution in [0, 0.1) is 5.92 Å². The molecule has 0 unspecified atom stereocenters. The van der Waals surface area contributed by atoms with E-state index in [0.717, 1.165) is 6.42 Å². The molecular formula is C15H27NO4S. The van der Waals surface area contributed by atoms with Crippen molar-refractivity contribution in [2.75, 3.05) is 31.8 Å². The third-order valence-electron chi connectivity index (χ3n) is 4.75. The van der Waals surface area contributed by atoms with Gasteiger partial charge in [-0.3, -0.25) is 4.79 Å². The van der Waals surface area contributed by atoms with Gasteiger partial charge in [0.2, 0.25) is 5.91 Å². The van der Waals surface area contributed by atoms with Gasteiger partial charge in [-0.1, -0.05) is 25.7 Å². The van der Waals surface area contributed by atoms with Crippen molar-refractivity contribution in [2.24, 2.45) is 5.92 Å². The smallest absolute Gasteiger partial charge is 0.222 e. The van der Waals surface area contributed by atoms with Crippen molar-refractivity contribution in [3.8, 4) is 0 Å². The van der Waals surface area contributed by atoms with Crippen LogP contribution in [0.15, 0.2) is 0 Å². The summed E-state index contributed by atoms with van der Waals surface area (Å²) in [5.74, 6) is 1.11. The van der Waals surface area contributed by atoms with Crippen LogP contribution < -0.4 is 0 Å². The Kier molecular flexibility index (Phi) is 6.05. The number of hydrogen-bond donors (Lipinski definition) is 0. The zero-order chi connectivity index (χ0) is 15.3. The van der Waals surface area contributed by atoms with Gasteiger partial charge in [0.25, 0.3) is 0 Å². The third-order valence-corrected chi connectivity index (χ3v) is 6.50. The first kappa shape index (κ1) is 16.7. The first-order valence-corrected chi connectivity index (χ1v) is 9.83. The molecule has 0 spiro atoms. The lowest BCUT2D eigenvalue weighted by Crippen LogP contribution is -2.43. The van der Waals surface area contributed by atoms with Crippen molar-refractivity contribution < 1.29 is 17.9 Å². The Morgan fingerprint density at radius 1 is 1.24 bits per heavy atom. The number of rotatable bonds is 7. The number of nitrogens with zero attached hydrogens (tertiary/aromatic N) is 1. The van der Waals surface area contributed by atoms with Crippen LogP contribution in [0.25, 0.3) is 0 Å². The maximum Gasteiger partial charge on any atom is 0.222 e. The van der Waals surface area contributed by atoms with Gasteiger partial charge >= 0.3 is 0 Å². The number of ether oxygens (including phenoxy) is 1. The molecule has 5 nitrogen and oxygen atoms in total. The lowest BCUT2D eigenvalue weighted by molar-refractivity contribution is -0.134.